The summed E-state index contributed by atoms with van der Waals surface area (Å²) >= 11 is 0. The minimum absolute atomic E-state index is 0.0654. The van der Waals surface area contributed by atoms with Crippen molar-refractivity contribution >= 4 is 12.1 Å². The Morgan fingerprint density at radius 1 is 1.22 bits per heavy atom. The first-order chi connectivity index (χ1) is 11.2. The normalized spacial score (nSPS) is 10.3. The lowest BCUT2D eigenvalue weighted by molar-refractivity contribution is -0.128. The van der Waals surface area contributed by atoms with E-state index >= 15 is 0 Å². The molecule has 0 spiro atoms. The molecule has 0 bridgehead atoms. The molecule has 0 unspecified atom stereocenters. The number of ether oxygens (including phenoxy) is 1. The van der Waals surface area contributed by atoms with E-state index in [1.54, 1.807) is 6.21 Å². The highest BCUT2D eigenvalue weighted by atomic mass is 16.5. The number of nitrogens with zero attached hydrogens (tertiary/aromatic N) is 3. The highest BCUT2D eigenvalue weighted by Gasteiger charge is 2.04. The van der Waals surface area contributed by atoms with Crippen LogP contribution in [0.4, 0.5) is 0 Å². The third kappa shape index (κ3) is 5.29. The fourth-order valence-corrected chi connectivity index (χ4v) is 1.83. The Bertz CT molecular complexity index is 703. The lowest BCUT2D eigenvalue weighted by Crippen LogP contribution is -2.23. The highest BCUT2D eigenvalue weighted by Crippen LogP contribution is 2.13. The number of carbonyl (C=O) groups is 1. The summed E-state index contributed by atoms with van der Waals surface area (Å²) < 4.78 is 5.70. The lowest BCUT2D eigenvalue weighted by atomic mass is 10.2. The number of amides is 1. The Labute approximate surface area is 135 Å². The van der Waals surface area contributed by atoms with Crippen LogP contribution in [0.15, 0.2) is 59.7 Å². The van der Waals surface area contributed by atoms with Crippen LogP contribution in [0.1, 0.15) is 18.1 Å². The molecule has 0 fully saturated rings. The summed E-state index contributed by atoms with van der Waals surface area (Å²) in [5, 5.41) is 13.8. The molecule has 5 heteroatoms. The molecule has 116 valence electrons. The van der Waals surface area contributed by atoms with E-state index in [2.05, 4.69) is 5.10 Å². The van der Waals surface area contributed by atoms with Crippen LogP contribution in [0, 0.1) is 11.3 Å². The van der Waals surface area contributed by atoms with Gasteiger partial charge in [0.25, 0.3) is 0 Å². The van der Waals surface area contributed by atoms with Gasteiger partial charge < -0.3 is 4.74 Å². The van der Waals surface area contributed by atoms with Crippen molar-refractivity contribution in [2.75, 3.05) is 6.54 Å². The van der Waals surface area contributed by atoms with Crippen molar-refractivity contribution in [2.45, 2.75) is 13.5 Å². The van der Waals surface area contributed by atoms with Crippen LogP contribution in [0.3, 0.4) is 0 Å². The number of rotatable bonds is 6. The molecule has 0 aliphatic carbocycles. The zero-order valence-electron chi connectivity index (χ0n) is 12.8. The third-order valence-electron chi connectivity index (χ3n) is 3.06. The number of hydrazone groups is 1. The first-order valence-corrected chi connectivity index (χ1v) is 7.15. The molecule has 0 aliphatic heterocycles. The van der Waals surface area contributed by atoms with Gasteiger partial charge in [0.2, 0.25) is 5.91 Å². The SMILES string of the molecule is CC(=O)N(CC#N)/N=C/c1ccc(OCc2ccccc2)cc1. The predicted molar refractivity (Wildman–Crippen MR) is 87.8 cm³/mol. The van der Waals surface area contributed by atoms with Gasteiger partial charge in [-0.2, -0.15) is 10.4 Å². The molecule has 0 N–H and O–H groups in total. The smallest absolute Gasteiger partial charge is 0.240 e. The maximum absolute atomic E-state index is 11.3. The van der Waals surface area contributed by atoms with Crippen molar-refractivity contribution in [3.63, 3.8) is 0 Å². The van der Waals surface area contributed by atoms with Crippen molar-refractivity contribution in [1.29, 1.82) is 5.26 Å². The van der Waals surface area contributed by atoms with Gasteiger partial charge in [-0.25, -0.2) is 5.01 Å². The van der Waals surface area contributed by atoms with Gasteiger partial charge in [0.15, 0.2) is 0 Å². The van der Waals surface area contributed by atoms with E-state index < -0.39 is 0 Å². The maximum atomic E-state index is 11.3. The Kier molecular flexibility index (Phi) is 5.89. The largest absolute Gasteiger partial charge is 0.489 e. The van der Waals surface area contributed by atoms with Gasteiger partial charge in [-0.3, -0.25) is 4.79 Å². The summed E-state index contributed by atoms with van der Waals surface area (Å²) in [7, 11) is 0. The molecule has 2 aromatic rings. The molecule has 0 saturated heterocycles. The van der Waals surface area contributed by atoms with Crippen molar-refractivity contribution in [2.24, 2.45) is 5.10 Å². The van der Waals surface area contributed by atoms with Crippen molar-refractivity contribution in [3.05, 3.63) is 65.7 Å². The van der Waals surface area contributed by atoms with E-state index in [-0.39, 0.29) is 12.5 Å². The van der Waals surface area contributed by atoms with E-state index in [1.807, 2.05) is 60.7 Å². The number of nitriles is 1. The lowest BCUT2D eigenvalue weighted by Gasteiger charge is -2.09. The standard InChI is InChI=1S/C18H17N3O2/c1-15(22)21(12-11-19)20-13-16-7-9-18(10-8-16)23-14-17-5-3-2-4-6-17/h2-10,13H,12,14H2,1H3/b20-13+. The van der Waals surface area contributed by atoms with Crippen LogP contribution >= 0.6 is 0 Å². The van der Waals surface area contributed by atoms with Gasteiger partial charge >= 0.3 is 0 Å². The molecular formula is C18H17N3O2. The molecule has 2 rings (SSSR count). The topological polar surface area (TPSA) is 65.7 Å². The molecule has 2 aromatic carbocycles. The van der Waals surface area contributed by atoms with E-state index in [1.165, 1.54) is 6.92 Å². The first-order valence-electron chi connectivity index (χ1n) is 7.15. The average Bonchev–Trinajstić information content (AvgIpc) is 2.58. The quantitative estimate of drug-likeness (QED) is 0.468. The molecule has 0 aromatic heterocycles. The Morgan fingerprint density at radius 2 is 1.91 bits per heavy atom. The fraction of sp³-hybridized carbons (Fsp3) is 0.167. The summed E-state index contributed by atoms with van der Waals surface area (Å²) in [6.45, 7) is 1.81. The molecule has 0 saturated carbocycles. The number of hydrogen-bond acceptors (Lipinski definition) is 4. The van der Waals surface area contributed by atoms with Gasteiger partial charge in [-0.05, 0) is 35.4 Å². The molecule has 0 heterocycles. The molecular weight excluding hydrogens is 290 g/mol. The van der Waals surface area contributed by atoms with Gasteiger partial charge in [0, 0.05) is 6.92 Å². The Morgan fingerprint density at radius 3 is 2.52 bits per heavy atom. The predicted octanol–water partition coefficient (Wildman–Crippen LogP) is 2.97. The first kappa shape index (κ1) is 16.2. The molecule has 5 nitrogen and oxygen atoms in total. The fourth-order valence-electron chi connectivity index (χ4n) is 1.83. The van der Waals surface area contributed by atoms with Crippen LogP contribution in [-0.2, 0) is 11.4 Å². The summed E-state index contributed by atoms with van der Waals surface area (Å²) in [4.78, 5) is 11.3. The van der Waals surface area contributed by atoms with Crippen molar-refractivity contribution in [1.82, 2.24) is 5.01 Å². The molecule has 23 heavy (non-hydrogen) atoms. The summed E-state index contributed by atoms with van der Waals surface area (Å²) in [5.74, 6) is 0.483. The molecule has 1 amide bonds. The van der Waals surface area contributed by atoms with E-state index in [9.17, 15) is 4.79 Å². The van der Waals surface area contributed by atoms with Gasteiger partial charge in [0.05, 0.1) is 12.3 Å². The molecule has 0 atom stereocenters. The van der Waals surface area contributed by atoms with E-state index in [0.717, 1.165) is 21.9 Å². The van der Waals surface area contributed by atoms with E-state index in [0.29, 0.717) is 6.61 Å². The Balaban J connectivity index is 1.94. The second-order valence-electron chi connectivity index (χ2n) is 4.82. The van der Waals surface area contributed by atoms with Crippen LogP contribution in [0.2, 0.25) is 0 Å². The van der Waals surface area contributed by atoms with Crippen LogP contribution in [0.5, 0.6) is 5.75 Å². The zero-order chi connectivity index (χ0) is 16.5. The number of benzene rings is 2. The minimum atomic E-state index is -0.273. The number of hydrogen-bond donors (Lipinski definition) is 0. The molecule has 0 aliphatic rings. The minimum Gasteiger partial charge on any atom is -0.489 e. The summed E-state index contributed by atoms with van der Waals surface area (Å²) in [6.07, 6.45) is 1.54. The molecule has 0 radical (unpaired) electrons. The Hall–Kier alpha value is -3.13. The zero-order valence-corrected chi connectivity index (χ0v) is 12.8. The third-order valence-corrected chi connectivity index (χ3v) is 3.06. The van der Waals surface area contributed by atoms with Crippen LogP contribution in [0.25, 0.3) is 0 Å². The maximum Gasteiger partial charge on any atom is 0.240 e. The second kappa shape index (κ2) is 8.35. The average molecular weight is 307 g/mol. The monoisotopic (exact) mass is 307 g/mol. The van der Waals surface area contributed by atoms with Crippen molar-refractivity contribution < 1.29 is 9.53 Å². The van der Waals surface area contributed by atoms with Gasteiger partial charge in [0.1, 0.15) is 18.9 Å². The summed E-state index contributed by atoms with van der Waals surface area (Å²) in [6, 6.07) is 19.2. The highest BCUT2D eigenvalue weighted by molar-refractivity contribution is 5.82. The van der Waals surface area contributed by atoms with Gasteiger partial charge in [-0.1, -0.05) is 30.3 Å². The second-order valence-corrected chi connectivity index (χ2v) is 4.82. The van der Waals surface area contributed by atoms with Crippen molar-refractivity contribution in [3.8, 4) is 11.8 Å². The van der Waals surface area contributed by atoms with Crippen LogP contribution in [-0.4, -0.2) is 23.7 Å². The van der Waals surface area contributed by atoms with Gasteiger partial charge in [-0.15, -0.1) is 0 Å². The number of carbonyl (C=O) groups excluding carboxylic acids is 1. The van der Waals surface area contributed by atoms with Crippen LogP contribution < -0.4 is 4.74 Å². The van der Waals surface area contributed by atoms with E-state index in [4.69, 9.17) is 10.00 Å². The summed E-state index contributed by atoms with van der Waals surface area (Å²) in [5.41, 5.74) is 1.92.